The van der Waals surface area contributed by atoms with Crippen LogP contribution in [0.5, 0.6) is 0 Å². The number of amides is 7. The van der Waals surface area contributed by atoms with Crippen LogP contribution in [0.2, 0.25) is 0 Å². The minimum absolute atomic E-state index is 0.00410. The van der Waals surface area contributed by atoms with Gasteiger partial charge in [0.05, 0.1) is 68.7 Å². The molecule has 7 amide bonds. The highest BCUT2D eigenvalue weighted by molar-refractivity contribution is 5.98. The summed E-state index contributed by atoms with van der Waals surface area (Å²) in [5.41, 5.74) is 5.48. The first-order valence-electron chi connectivity index (χ1n) is 35.2. The number of aromatic amines is 1. The highest BCUT2D eigenvalue weighted by atomic mass is 16.4. The number of carboxylic acids is 3. The van der Waals surface area contributed by atoms with E-state index >= 15 is 4.79 Å². The number of aliphatic hydroxyl groups is 15. The Labute approximate surface area is 637 Å². The summed E-state index contributed by atoms with van der Waals surface area (Å²) in [5, 5.41) is 196. The van der Waals surface area contributed by atoms with Crippen molar-refractivity contribution < 1.29 is 154 Å². The lowest BCUT2D eigenvalue weighted by atomic mass is 9.88. The number of H-pyrrole nitrogens is 1. The SMILES string of the molecule is CNC(=O)[C@H](CCC(=O)O)CC(=O)[C@H](CCC(=O)NC[C@H](O)[C@@H](O)[C@H](O)[C@H](O)CO)N(C)C(=O)[C@H](CCC(=O)NC[C@H](O)[C@@H](O)[C@H](O)[C@H](O)CO)CC(=O)[C@H](CCC(=O)O)NC(=O)[C@H](CCC(=O)NC[C@H](O)[C@@H](O)[C@H](O)[C@H](O)CO)CC(=O)CC[C@H](NC(=O)c1ccc(NCc2cnc3nc(N)[nH]c(=O)c3n2)cc1)C(=O)O. The molecule has 1 aromatic carbocycles. The van der Waals surface area contributed by atoms with Crippen LogP contribution >= 0.6 is 0 Å². The van der Waals surface area contributed by atoms with Crippen molar-refractivity contribution in [2.75, 3.05) is 64.6 Å². The van der Waals surface area contributed by atoms with Crippen LogP contribution in [0.25, 0.3) is 11.2 Å². The first-order chi connectivity index (χ1) is 52.7. The molecular formula is C67H101N13O32. The smallest absolute Gasteiger partial charge is 0.326 e. The highest BCUT2D eigenvalue weighted by Crippen LogP contribution is 2.25. The molecule has 0 saturated carbocycles. The number of Topliss-reactive ketones (excluding diaryl/α,β-unsaturated/α-hetero) is 3. The minimum atomic E-state index is -2.20. The van der Waals surface area contributed by atoms with E-state index in [0.717, 1.165) is 14.1 Å². The predicted molar refractivity (Wildman–Crippen MR) is 380 cm³/mol. The molecule has 45 nitrogen and oxygen atoms in total. The lowest BCUT2D eigenvalue weighted by Gasteiger charge is -2.32. The number of carbonyl (C=O) groups excluding carboxylic acids is 10. The van der Waals surface area contributed by atoms with Gasteiger partial charge in [-0.1, -0.05) is 0 Å². The van der Waals surface area contributed by atoms with Gasteiger partial charge in [-0.3, -0.25) is 67.3 Å². The largest absolute Gasteiger partial charge is 0.481 e. The van der Waals surface area contributed by atoms with Crippen molar-refractivity contribution in [3.05, 3.63) is 52.1 Å². The fourth-order valence-corrected chi connectivity index (χ4v) is 11.1. The maximum atomic E-state index is 15.1. The first kappa shape index (κ1) is 96.3. The van der Waals surface area contributed by atoms with Gasteiger partial charge in [0.15, 0.2) is 22.7 Å². The number of ketones is 3. The van der Waals surface area contributed by atoms with Crippen molar-refractivity contribution in [3.63, 3.8) is 0 Å². The van der Waals surface area contributed by atoms with Crippen molar-refractivity contribution >= 4 is 99.4 Å². The molecule has 0 radical (unpaired) electrons. The van der Waals surface area contributed by atoms with E-state index in [4.69, 9.17) is 5.73 Å². The second-order valence-electron chi connectivity index (χ2n) is 26.4. The Morgan fingerprint density at radius 2 is 0.946 bits per heavy atom. The highest BCUT2D eigenvalue weighted by Gasteiger charge is 2.39. The molecule has 2 heterocycles. The second kappa shape index (κ2) is 48.2. The number of hydrogen-bond acceptors (Lipinski definition) is 34. The Bertz CT molecular complexity index is 3710. The first-order valence-corrected chi connectivity index (χ1v) is 35.2. The summed E-state index contributed by atoms with van der Waals surface area (Å²) in [6.07, 6.45) is -35.2. The van der Waals surface area contributed by atoms with Crippen LogP contribution < -0.4 is 48.5 Å². The molecule has 0 saturated heterocycles. The zero-order valence-electron chi connectivity index (χ0n) is 61.0. The summed E-state index contributed by atoms with van der Waals surface area (Å²) >= 11 is 0. The van der Waals surface area contributed by atoms with Gasteiger partial charge in [0.1, 0.15) is 66.8 Å². The maximum absolute atomic E-state index is 15.1. The van der Waals surface area contributed by atoms with E-state index in [0.29, 0.717) is 16.3 Å². The fraction of sp³-hybridized carbons (Fsp3) is 0.627. The van der Waals surface area contributed by atoms with E-state index in [1.54, 1.807) is 0 Å². The van der Waals surface area contributed by atoms with Gasteiger partial charge in [-0.15, -0.1) is 0 Å². The number of carboxylic acid groups (broad SMARTS) is 3. The normalized spacial score (nSPS) is 16.3. The van der Waals surface area contributed by atoms with E-state index in [9.17, 15) is 154 Å². The van der Waals surface area contributed by atoms with Gasteiger partial charge < -0.3 is 140 Å². The number of likely N-dealkylation sites (N-methyl/N-ethyl adjacent to an activating group) is 1. The minimum Gasteiger partial charge on any atom is -0.481 e. The summed E-state index contributed by atoms with van der Waals surface area (Å²) < 4.78 is 0. The van der Waals surface area contributed by atoms with Crippen molar-refractivity contribution in [2.24, 2.45) is 17.8 Å². The molecule has 45 heteroatoms. The lowest BCUT2D eigenvalue weighted by molar-refractivity contribution is -0.145. The van der Waals surface area contributed by atoms with E-state index < -0.39 is 327 Å². The summed E-state index contributed by atoms with van der Waals surface area (Å²) in [6.45, 7) is -5.75. The van der Waals surface area contributed by atoms with Crippen LogP contribution in [0, 0.1) is 17.8 Å². The van der Waals surface area contributed by atoms with Crippen LogP contribution in [0.1, 0.15) is 112 Å². The molecule has 0 aliphatic carbocycles. The van der Waals surface area contributed by atoms with Gasteiger partial charge in [-0.2, -0.15) is 4.98 Å². The Balaban J connectivity index is 2.07. The number of nitrogens with zero attached hydrogens (tertiary/aromatic N) is 4. The number of aliphatic carboxylic acids is 3. The van der Waals surface area contributed by atoms with Crippen LogP contribution in [-0.2, 0) is 64.1 Å². The maximum Gasteiger partial charge on any atom is 0.326 e. The number of rotatable bonds is 55. The standard InChI is InChI=1S/C67H101N13O32/c1-69-61(106)32(7-17-51(96)97)20-41(86)39(13-16-50(95)73-26-44(89)56(102)59(105)47(92)29-83)80(2)65(110)33(6-15-49(94)72-25-43(88)55(101)58(104)46(91)28-82)21-40(85)37(12-18-52(98)99)76-63(108)31(5-14-48(93)71-24-42(87)54(100)57(103)45(90)27-81)19-36(84)10-11-38(66(111)112)77-62(107)30-3-8-34(9-4-30)70-22-35-23-74-60-53(75-35)64(109)79-67(68)78-60/h3-4,8-9,23,31-33,37-39,42-47,54-59,70,81-83,87-92,100-105H,5-7,10-22,24-29H2,1-2H3,(H,69,106)(H,71,93)(H,72,94)(H,73,95)(H,76,108)(H,77,107)(H,96,97)(H,98,99)(H,111,112)(H3,68,74,78,79,109)/t31-,32-,33-,37+,38+,39+,42+,43+,44+,45-,46-,47-,54-,55-,56-,57-,58-,59-/m1/s1. The predicted octanol–water partition coefficient (Wildman–Crippen LogP) is -10.6. The van der Waals surface area contributed by atoms with Gasteiger partial charge in [0, 0.05) is 121 Å². The number of nitrogen functional groups attached to an aromatic ring is 1. The topological polar surface area (TPSA) is 771 Å². The molecule has 28 N–H and O–H groups in total. The van der Waals surface area contributed by atoms with E-state index in [1.807, 2.05) is 0 Å². The van der Waals surface area contributed by atoms with E-state index in [1.165, 1.54) is 30.5 Å². The van der Waals surface area contributed by atoms with E-state index in [2.05, 4.69) is 57.2 Å². The molecule has 18 atom stereocenters. The van der Waals surface area contributed by atoms with Crippen LogP contribution in [-0.4, -0.2) is 338 Å². The molecule has 3 rings (SSSR count). The number of aliphatic hydroxyl groups excluding tert-OH is 15. The summed E-state index contributed by atoms with van der Waals surface area (Å²) in [4.78, 5) is 204. The molecule has 0 unspecified atom stereocenters. The van der Waals surface area contributed by atoms with Gasteiger partial charge in [0.2, 0.25) is 41.4 Å². The van der Waals surface area contributed by atoms with Crippen LogP contribution in [0.3, 0.4) is 0 Å². The Morgan fingerprint density at radius 3 is 1.42 bits per heavy atom. The molecule has 626 valence electrons. The average molecular weight is 1600 g/mol. The Morgan fingerprint density at radius 1 is 0.509 bits per heavy atom. The summed E-state index contributed by atoms with van der Waals surface area (Å²) in [7, 11) is 2.11. The van der Waals surface area contributed by atoms with Crippen LogP contribution in [0.15, 0.2) is 35.3 Å². The van der Waals surface area contributed by atoms with Gasteiger partial charge in [0.25, 0.3) is 11.5 Å². The zero-order chi connectivity index (χ0) is 84.4. The van der Waals surface area contributed by atoms with Gasteiger partial charge in [-0.25, -0.2) is 14.8 Å². The number of fused-ring (bicyclic) bond motifs is 1. The number of anilines is 2. The molecule has 3 aromatic rings. The molecule has 2 aromatic heterocycles. The monoisotopic (exact) mass is 1600 g/mol. The third-order valence-corrected chi connectivity index (χ3v) is 18.0. The fourth-order valence-electron chi connectivity index (χ4n) is 11.1. The molecule has 112 heavy (non-hydrogen) atoms. The van der Waals surface area contributed by atoms with Crippen molar-refractivity contribution in [1.82, 2.24) is 56.7 Å². The van der Waals surface area contributed by atoms with Gasteiger partial charge >= 0.3 is 17.9 Å². The molecule has 0 bridgehead atoms. The number of nitrogens with one attached hydrogen (secondary N) is 8. The number of hydrogen-bond donors (Lipinski definition) is 27. The number of benzene rings is 1. The Kier molecular flexibility index (Phi) is 41.4. The quantitative estimate of drug-likeness (QED) is 0.0250. The summed E-state index contributed by atoms with van der Waals surface area (Å²) in [6, 6.07) is -0.162. The molecule has 0 fully saturated rings. The van der Waals surface area contributed by atoms with Crippen molar-refractivity contribution in [3.8, 4) is 0 Å². The lowest BCUT2D eigenvalue weighted by Crippen LogP contribution is -2.50. The number of nitrogens with two attached hydrogens (primary N) is 1. The molecular weight excluding hydrogens is 1500 g/mol. The Hall–Kier alpha value is -9.85. The zero-order valence-corrected chi connectivity index (χ0v) is 61.0. The third-order valence-electron chi connectivity index (χ3n) is 18.0. The molecule has 0 spiro atoms. The van der Waals surface area contributed by atoms with Crippen molar-refractivity contribution in [2.45, 2.75) is 194 Å². The van der Waals surface area contributed by atoms with E-state index in [-0.39, 0.29) is 29.2 Å². The molecule has 0 aliphatic rings. The summed E-state index contributed by atoms with van der Waals surface area (Å²) in [5.74, 6) is -20.5. The number of aromatic nitrogens is 4. The third kappa shape index (κ3) is 32.1. The van der Waals surface area contributed by atoms with Crippen molar-refractivity contribution in [1.29, 1.82) is 0 Å². The second-order valence-corrected chi connectivity index (χ2v) is 26.4. The number of carbonyl (C=O) groups is 13. The van der Waals surface area contributed by atoms with Crippen LogP contribution in [0.4, 0.5) is 11.6 Å². The van der Waals surface area contributed by atoms with Gasteiger partial charge in [-0.05, 0) is 62.8 Å². The average Bonchev–Trinajstić information content (AvgIpc) is 0.804. The molecule has 0 aliphatic heterocycles.